The van der Waals surface area contributed by atoms with Gasteiger partial charge in [-0.05, 0) is 122 Å². The molecule has 0 aliphatic heterocycles. The molecule has 0 aliphatic rings. The maximum Gasteiger partial charge on any atom is 0.407 e. The summed E-state index contributed by atoms with van der Waals surface area (Å²) < 4.78 is 34.9. The van der Waals surface area contributed by atoms with Crippen LogP contribution in [0.25, 0.3) is 10.8 Å². The van der Waals surface area contributed by atoms with Crippen molar-refractivity contribution in [1.82, 2.24) is 5.32 Å². The van der Waals surface area contributed by atoms with Crippen molar-refractivity contribution in [3.8, 4) is 11.5 Å². The highest BCUT2D eigenvalue weighted by molar-refractivity contribution is 9.10. The van der Waals surface area contributed by atoms with Gasteiger partial charge in [0.2, 0.25) is 0 Å². The molecule has 0 aliphatic carbocycles. The second-order valence-corrected chi connectivity index (χ2v) is 30.7. The summed E-state index contributed by atoms with van der Waals surface area (Å²) in [5, 5.41) is 4.99. The van der Waals surface area contributed by atoms with Crippen molar-refractivity contribution in [2.75, 3.05) is 6.54 Å². The number of amides is 1. The Balaban J connectivity index is 0.000000263. The highest BCUT2D eigenvalue weighted by Gasteiger charge is 2.20. The molecule has 0 saturated heterocycles. The lowest BCUT2D eigenvalue weighted by Crippen LogP contribution is -2.31. The third kappa shape index (κ3) is 30.9. The number of ether oxygens (including phenoxy) is 2. The largest absolute Gasteiger partial charge is 0.457 e. The molecule has 106 heavy (non-hydrogen) atoms. The average Bonchev–Trinajstić information content (AvgIpc) is 0.856. The summed E-state index contributed by atoms with van der Waals surface area (Å²) >= 11 is 9.07. The van der Waals surface area contributed by atoms with Gasteiger partial charge in [-0.2, -0.15) is 0 Å². The Hall–Kier alpha value is -10.1. The summed E-state index contributed by atoms with van der Waals surface area (Å²) in [4.78, 5) is 93.6. The number of hydrogen-bond acceptors (Lipinski definition) is 12. The molecule has 0 saturated carbocycles. The van der Waals surface area contributed by atoms with Crippen LogP contribution in [0.1, 0.15) is 176 Å². The van der Waals surface area contributed by atoms with Gasteiger partial charge in [-0.1, -0.05) is 286 Å². The third-order valence-corrected chi connectivity index (χ3v) is 18.6. The summed E-state index contributed by atoms with van der Waals surface area (Å²) in [6, 6.07) is 77.7. The first-order valence-corrected chi connectivity index (χ1v) is 37.9. The number of para-hydroxylation sites is 1. The predicted octanol–water partition coefficient (Wildman–Crippen LogP) is 22.5. The SMILES string of the molecule is CC(C)C(=O)CNC(=O)OCc1ccccc1.CC(C)C(=O)c1ccc(Oc2ccccc2)cc1.CC(C)C(=O)c1ccc2ccccc2c1.CC(C)C(=O)c1cccc(Br)c1.CC(C)C(=O)c1cccc(C(=O)c2ccccc2)c1.CC(C)C(=O)c1cccc(Cl)c1.Cc1ccc(S(=O)(=O)C(C)C)cc1. The van der Waals surface area contributed by atoms with E-state index in [2.05, 4.69) is 27.3 Å². The van der Waals surface area contributed by atoms with Crippen LogP contribution in [-0.4, -0.2) is 66.8 Å². The topological polar surface area (TPSA) is 201 Å². The Kier molecular flexibility index (Phi) is 37.8. The van der Waals surface area contributed by atoms with Gasteiger partial charge in [0.25, 0.3) is 0 Å². The van der Waals surface area contributed by atoms with E-state index in [9.17, 15) is 46.8 Å². The molecule has 0 bridgehead atoms. The van der Waals surface area contributed by atoms with Crippen molar-refractivity contribution in [3.63, 3.8) is 0 Å². The molecule has 0 atom stereocenters. The van der Waals surface area contributed by atoms with E-state index in [1.54, 1.807) is 113 Å². The maximum atomic E-state index is 12.3. The molecule has 10 rings (SSSR count). The summed E-state index contributed by atoms with van der Waals surface area (Å²) in [5.74, 6) is 2.24. The van der Waals surface area contributed by atoms with Gasteiger partial charge >= 0.3 is 6.09 Å². The Labute approximate surface area is 640 Å². The second-order valence-electron chi connectivity index (χ2n) is 26.8. The van der Waals surface area contributed by atoms with Crippen molar-refractivity contribution in [2.24, 2.45) is 35.5 Å². The highest BCUT2D eigenvalue weighted by Crippen LogP contribution is 2.24. The van der Waals surface area contributed by atoms with Gasteiger partial charge in [-0.3, -0.25) is 33.6 Å². The number of alkyl carbamates (subject to hydrolysis) is 1. The zero-order valence-corrected chi connectivity index (χ0v) is 66.4. The molecule has 10 aromatic rings. The van der Waals surface area contributed by atoms with Gasteiger partial charge in [-0.15, -0.1) is 0 Å². The lowest BCUT2D eigenvalue weighted by atomic mass is 9.96. The Morgan fingerprint density at radius 1 is 0.387 bits per heavy atom. The fraction of sp³-hybridized carbons (Fsp3) is 0.267. The number of benzene rings is 10. The van der Waals surface area contributed by atoms with Crippen molar-refractivity contribution in [2.45, 2.75) is 121 Å². The first-order chi connectivity index (χ1) is 50.2. The van der Waals surface area contributed by atoms with E-state index in [4.69, 9.17) is 21.1 Å². The number of sulfone groups is 1. The van der Waals surface area contributed by atoms with E-state index in [1.165, 1.54) is 5.39 Å². The van der Waals surface area contributed by atoms with E-state index in [0.29, 0.717) is 32.2 Å². The number of ketones is 7. The molecule has 0 radical (unpaired) electrons. The minimum absolute atomic E-state index is 0.0124. The van der Waals surface area contributed by atoms with E-state index < -0.39 is 15.9 Å². The predicted molar refractivity (Wildman–Crippen MR) is 433 cm³/mol. The molecule has 0 fully saturated rings. The number of rotatable bonds is 21. The summed E-state index contributed by atoms with van der Waals surface area (Å²) in [7, 11) is -3.09. The minimum atomic E-state index is -3.09. The molecular formula is C90H99BrClNO12S. The van der Waals surface area contributed by atoms with E-state index in [1.807, 2.05) is 240 Å². The quantitative estimate of drug-likeness (QED) is 0.0668. The van der Waals surface area contributed by atoms with Crippen molar-refractivity contribution >= 4 is 94.7 Å². The van der Waals surface area contributed by atoms with Crippen LogP contribution < -0.4 is 10.1 Å². The van der Waals surface area contributed by atoms with Gasteiger partial charge in [0.15, 0.2) is 50.3 Å². The molecule has 16 heteroatoms. The number of carbonyl (C=O) groups excluding carboxylic acids is 8. The summed E-state index contributed by atoms with van der Waals surface area (Å²) in [5.41, 5.74) is 6.78. The number of Topliss-reactive ketones (excluding diaryl/α,β-unsaturated/α-hetero) is 6. The molecule has 1 N–H and O–H groups in total. The monoisotopic (exact) mass is 1530 g/mol. The zero-order valence-electron chi connectivity index (χ0n) is 63.3. The average molecular weight is 1530 g/mol. The molecule has 13 nitrogen and oxygen atoms in total. The molecule has 1 amide bonds. The normalized spacial score (nSPS) is 10.6. The molecule has 0 spiro atoms. The number of aryl methyl sites for hydroxylation is 1. The van der Waals surface area contributed by atoms with Crippen molar-refractivity contribution < 1.29 is 56.2 Å². The number of nitrogens with one attached hydrogen (secondary N) is 1. The van der Waals surface area contributed by atoms with Crippen LogP contribution in [0.5, 0.6) is 11.5 Å². The Bertz CT molecular complexity index is 4510. The van der Waals surface area contributed by atoms with Crippen molar-refractivity contribution in [1.29, 1.82) is 0 Å². The van der Waals surface area contributed by atoms with Crippen LogP contribution in [0.15, 0.2) is 264 Å². The van der Waals surface area contributed by atoms with E-state index >= 15 is 0 Å². The van der Waals surface area contributed by atoms with Crippen LogP contribution in [-0.2, 0) is 26.0 Å². The highest BCUT2D eigenvalue weighted by atomic mass is 79.9. The zero-order chi connectivity index (χ0) is 78.6. The Morgan fingerprint density at radius 2 is 0.792 bits per heavy atom. The van der Waals surface area contributed by atoms with Crippen LogP contribution in [0.4, 0.5) is 4.79 Å². The van der Waals surface area contributed by atoms with Gasteiger partial charge < -0.3 is 14.8 Å². The minimum Gasteiger partial charge on any atom is -0.457 e. The van der Waals surface area contributed by atoms with Gasteiger partial charge in [0, 0.05) is 83.9 Å². The maximum absolute atomic E-state index is 12.3. The third-order valence-electron chi connectivity index (χ3n) is 15.7. The van der Waals surface area contributed by atoms with Gasteiger partial charge in [0.05, 0.1) is 16.7 Å². The summed E-state index contributed by atoms with van der Waals surface area (Å²) in [6.45, 7) is 28.1. The van der Waals surface area contributed by atoms with Crippen molar-refractivity contribution in [3.05, 3.63) is 314 Å². The second kappa shape index (κ2) is 45.3. The smallest absolute Gasteiger partial charge is 0.407 e. The lowest BCUT2D eigenvalue weighted by molar-refractivity contribution is -0.121. The Morgan fingerprint density at radius 3 is 1.28 bits per heavy atom. The molecule has 0 unspecified atom stereocenters. The molecule has 556 valence electrons. The van der Waals surface area contributed by atoms with Crippen LogP contribution in [0.3, 0.4) is 0 Å². The summed E-state index contributed by atoms with van der Waals surface area (Å²) in [6.07, 6.45) is -0.567. The number of carbonyl (C=O) groups is 8. The van der Waals surface area contributed by atoms with Crippen LogP contribution >= 0.6 is 27.5 Å². The van der Waals surface area contributed by atoms with Gasteiger partial charge in [0.1, 0.15) is 18.1 Å². The van der Waals surface area contributed by atoms with Crippen LogP contribution in [0.2, 0.25) is 5.02 Å². The standard InChI is InChI=1S/C17H16O2.C16H16O2.C14H14O.C13H17NO3.C10H11BrO.C10H11ClO.C10H14O2S/c1-12(2)16(18)14-9-6-10-15(11-14)17(19)13-7-4-3-5-8-13;1-12(2)16(17)13-8-10-15(11-9-13)18-14-6-4-3-5-7-14;1-10(2)14(15)13-8-7-11-5-3-4-6-12(11)9-13;1-10(2)12(15)8-14-13(16)17-9-11-6-4-3-5-7-11;2*1-7(2)10(12)8-4-3-5-9(11)6-8;1-8(2)13(11,12)10-6-4-9(3)5-7-10/h3-12H,1-2H3;3-12H,1-2H3;3-10H,1-2H3;3-7,10H,8-9H2,1-2H3,(H,14,16);2*3-7H,1-2H3;4-8H,1-3H3. The molecule has 0 aromatic heterocycles. The first kappa shape index (κ1) is 88.3. The number of hydrogen-bond donors (Lipinski definition) is 1. The van der Waals surface area contributed by atoms with E-state index in [-0.39, 0.29) is 94.4 Å². The fourth-order valence-corrected chi connectivity index (χ4v) is 11.0. The molecular weight excluding hydrogens is 1430 g/mol. The molecule has 10 aromatic carbocycles. The fourth-order valence-electron chi connectivity index (χ4n) is 9.31. The number of fused-ring (bicyclic) bond motifs is 1. The molecule has 0 heterocycles. The number of halogens is 2. The van der Waals surface area contributed by atoms with Crippen LogP contribution in [0, 0.1) is 42.4 Å². The lowest BCUT2D eigenvalue weighted by Gasteiger charge is -2.07. The van der Waals surface area contributed by atoms with E-state index in [0.717, 1.165) is 49.2 Å². The first-order valence-electron chi connectivity index (χ1n) is 35.2. The van der Waals surface area contributed by atoms with Gasteiger partial charge in [-0.25, -0.2) is 13.2 Å².